The maximum absolute atomic E-state index is 12.8. The predicted octanol–water partition coefficient (Wildman–Crippen LogP) is 5.26. The summed E-state index contributed by atoms with van der Waals surface area (Å²) in [5.41, 5.74) is 2.09. The Labute approximate surface area is 205 Å². The number of nitrogens with one attached hydrogen (secondary N) is 1. The minimum Gasteiger partial charge on any atom is -0.497 e. The largest absolute Gasteiger partial charge is 0.573 e. The molecule has 10 heteroatoms. The number of aromatic nitrogens is 2. The third-order valence-electron chi connectivity index (χ3n) is 5.11. The molecule has 0 spiro atoms. The van der Waals surface area contributed by atoms with Gasteiger partial charge in [-0.15, -0.1) is 13.2 Å². The van der Waals surface area contributed by atoms with Crippen LogP contribution in [0.15, 0.2) is 85.3 Å². The number of alkyl halides is 3. The molecule has 0 bridgehead atoms. The smallest absolute Gasteiger partial charge is 0.497 e. The van der Waals surface area contributed by atoms with Crippen LogP contribution in [0.1, 0.15) is 10.5 Å². The highest BCUT2D eigenvalue weighted by Crippen LogP contribution is 2.29. The van der Waals surface area contributed by atoms with Gasteiger partial charge < -0.3 is 19.5 Å². The Morgan fingerprint density at radius 2 is 1.64 bits per heavy atom. The van der Waals surface area contributed by atoms with Gasteiger partial charge in [0.2, 0.25) is 0 Å². The monoisotopic (exact) mass is 497 g/mol. The van der Waals surface area contributed by atoms with Gasteiger partial charge >= 0.3 is 6.36 Å². The molecule has 7 nitrogen and oxygen atoms in total. The summed E-state index contributed by atoms with van der Waals surface area (Å²) in [6, 6.07) is 19.8. The Morgan fingerprint density at radius 1 is 0.944 bits per heavy atom. The first-order valence-corrected chi connectivity index (χ1v) is 10.9. The topological polar surface area (TPSA) is 74.6 Å². The van der Waals surface area contributed by atoms with E-state index >= 15 is 0 Å². The second kappa shape index (κ2) is 10.9. The van der Waals surface area contributed by atoms with E-state index in [0.29, 0.717) is 28.3 Å². The van der Waals surface area contributed by atoms with Crippen LogP contribution < -0.4 is 19.5 Å². The maximum atomic E-state index is 12.8. The highest BCUT2D eigenvalue weighted by molar-refractivity contribution is 5.93. The first kappa shape index (κ1) is 24.6. The van der Waals surface area contributed by atoms with Crippen LogP contribution in [0, 0.1) is 0 Å². The van der Waals surface area contributed by atoms with Crippen molar-refractivity contribution >= 4 is 5.91 Å². The molecule has 4 rings (SSSR count). The average molecular weight is 497 g/mol. The second-order valence-corrected chi connectivity index (χ2v) is 7.55. The fourth-order valence-electron chi connectivity index (χ4n) is 3.47. The van der Waals surface area contributed by atoms with E-state index in [1.165, 1.54) is 30.7 Å². The highest BCUT2D eigenvalue weighted by atomic mass is 19.4. The summed E-state index contributed by atoms with van der Waals surface area (Å²) in [7, 11) is 1.58. The summed E-state index contributed by atoms with van der Waals surface area (Å²) in [6.45, 7) is 0.528. The van der Waals surface area contributed by atoms with Crippen molar-refractivity contribution in [3.05, 3.63) is 91.0 Å². The molecule has 1 amide bonds. The van der Waals surface area contributed by atoms with Crippen LogP contribution in [0.5, 0.6) is 17.2 Å². The molecule has 0 saturated heterocycles. The van der Waals surface area contributed by atoms with Crippen molar-refractivity contribution in [3.63, 3.8) is 0 Å². The molecule has 0 unspecified atom stereocenters. The summed E-state index contributed by atoms with van der Waals surface area (Å²) < 4.78 is 54.1. The molecule has 0 fully saturated rings. The quantitative estimate of drug-likeness (QED) is 0.320. The van der Waals surface area contributed by atoms with E-state index in [0.717, 1.165) is 5.75 Å². The number of amides is 1. The Hall–Kier alpha value is -4.47. The van der Waals surface area contributed by atoms with Crippen molar-refractivity contribution in [1.82, 2.24) is 14.9 Å². The zero-order chi connectivity index (χ0) is 25.5. The minimum absolute atomic E-state index is 0.262. The lowest BCUT2D eigenvalue weighted by molar-refractivity contribution is -0.274. The van der Waals surface area contributed by atoms with Crippen molar-refractivity contribution in [3.8, 4) is 34.1 Å². The molecule has 0 saturated carbocycles. The number of hydrogen-bond donors (Lipinski definition) is 1. The number of hydrogen-bond acceptors (Lipinski definition) is 5. The van der Waals surface area contributed by atoms with Gasteiger partial charge in [-0.05, 0) is 59.7 Å². The van der Waals surface area contributed by atoms with Gasteiger partial charge in [0.15, 0.2) is 0 Å². The summed E-state index contributed by atoms with van der Waals surface area (Å²) in [6.07, 6.45) is -1.85. The lowest BCUT2D eigenvalue weighted by atomic mass is 10.0. The number of benzene rings is 3. The van der Waals surface area contributed by atoms with Gasteiger partial charge in [-0.1, -0.05) is 24.3 Å². The Balaban J connectivity index is 1.42. The highest BCUT2D eigenvalue weighted by Gasteiger charge is 2.31. The first-order valence-electron chi connectivity index (χ1n) is 10.9. The van der Waals surface area contributed by atoms with Gasteiger partial charge in [-0.3, -0.25) is 9.36 Å². The summed E-state index contributed by atoms with van der Waals surface area (Å²) >= 11 is 0. The molecule has 4 aromatic rings. The standard InChI is InChI=1S/C26H22F3N3O4/c1-34-21-8-10-22(11-9-21)35-13-12-31-25(33)24-16-30-17-32(24)20-6-2-4-18(14-20)19-5-3-7-23(15-19)36-26(27,28)29/h2-11,14-17H,12-13H2,1H3,(H,31,33). The van der Waals surface area contributed by atoms with E-state index < -0.39 is 6.36 Å². The Kier molecular flexibility index (Phi) is 7.43. The van der Waals surface area contributed by atoms with E-state index in [-0.39, 0.29) is 24.8 Å². The Morgan fingerprint density at radius 3 is 2.36 bits per heavy atom. The van der Waals surface area contributed by atoms with E-state index in [1.54, 1.807) is 66.3 Å². The molecule has 1 N–H and O–H groups in total. The van der Waals surface area contributed by atoms with Crippen LogP contribution in [-0.4, -0.2) is 42.1 Å². The summed E-state index contributed by atoms with van der Waals surface area (Å²) in [5, 5.41) is 2.79. The number of methoxy groups -OCH3 is 1. The second-order valence-electron chi connectivity index (χ2n) is 7.55. The lowest BCUT2D eigenvalue weighted by Crippen LogP contribution is -2.29. The van der Waals surface area contributed by atoms with Crippen LogP contribution in [0.3, 0.4) is 0 Å². The predicted molar refractivity (Wildman–Crippen MR) is 127 cm³/mol. The van der Waals surface area contributed by atoms with Gasteiger partial charge in [-0.2, -0.15) is 0 Å². The Bertz CT molecular complexity index is 1320. The third-order valence-corrected chi connectivity index (χ3v) is 5.11. The van der Waals surface area contributed by atoms with Crippen LogP contribution in [0.4, 0.5) is 13.2 Å². The number of rotatable bonds is 9. The number of nitrogens with zero attached hydrogens (tertiary/aromatic N) is 2. The maximum Gasteiger partial charge on any atom is 0.573 e. The molecule has 0 radical (unpaired) electrons. The number of carbonyl (C=O) groups excluding carboxylic acids is 1. The molecule has 3 aromatic carbocycles. The van der Waals surface area contributed by atoms with E-state index in [9.17, 15) is 18.0 Å². The average Bonchev–Trinajstić information content (AvgIpc) is 3.36. The number of ether oxygens (including phenoxy) is 3. The van der Waals surface area contributed by atoms with Crippen molar-refractivity contribution in [2.45, 2.75) is 6.36 Å². The van der Waals surface area contributed by atoms with Gasteiger partial charge in [0.1, 0.15) is 29.5 Å². The van der Waals surface area contributed by atoms with Crippen LogP contribution in [0.25, 0.3) is 16.8 Å². The molecular formula is C26H22F3N3O4. The zero-order valence-corrected chi connectivity index (χ0v) is 19.2. The zero-order valence-electron chi connectivity index (χ0n) is 19.2. The lowest BCUT2D eigenvalue weighted by Gasteiger charge is -2.12. The normalized spacial score (nSPS) is 11.1. The van der Waals surface area contributed by atoms with Gasteiger partial charge in [-0.25, -0.2) is 4.98 Å². The van der Waals surface area contributed by atoms with Crippen molar-refractivity contribution < 1.29 is 32.2 Å². The van der Waals surface area contributed by atoms with Gasteiger partial charge in [0.25, 0.3) is 5.91 Å². The minimum atomic E-state index is -4.78. The first-order chi connectivity index (χ1) is 17.3. The molecule has 0 aliphatic heterocycles. The summed E-state index contributed by atoms with van der Waals surface area (Å²) in [5.74, 6) is 0.703. The molecular weight excluding hydrogens is 475 g/mol. The third kappa shape index (κ3) is 6.35. The number of halogens is 3. The summed E-state index contributed by atoms with van der Waals surface area (Å²) in [4.78, 5) is 16.8. The van der Waals surface area contributed by atoms with Gasteiger partial charge in [0, 0.05) is 5.69 Å². The number of imidazole rings is 1. The van der Waals surface area contributed by atoms with Crippen LogP contribution in [0.2, 0.25) is 0 Å². The molecule has 36 heavy (non-hydrogen) atoms. The molecule has 0 atom stereocenters. The fourth-order valence-corrected chi connectivity index (χ4v) is 3.47. The van der Waals surface area contributed by atoms with Gasteiger partial charge in [0.05, 0.1) is 26.2 Å². The molecule has 186 valence electrons. The fraction of sp³-hybridized carbons (Fsp3) is 0.154. The van der Waals surface area contributed by atoms with Crippen molar-refractivity contribution in [2.24, 2.45) is 0 Å². The molecule has 0 aliphatic rings. The molecule has 1 aromatic heterocycles. The number of carbonyl (C=O) groups is 1. The van der Waals surface area contributed by atoms with Crippen molar-refractivity contribution in [2.75, 3.05) is 20.3 Å². The SMILES string of the molecule is COc1ccc(OCCNC(=O)c2cncn2-c2cccc(-c3cccc(OC(F)(F)F)c3)c2)cc1. The molecule has 0 aliphatic carbocycles. The van der Waals surface area contributed by atoms with E-state index in [1.807, 2.05) is 0 Å². The van der Waals surface area contributed by atoms with E-state index in [4.69, 9.17) is 9.47 Å². The van der Waals surface area contributed by atoms with Crippen LogP contribution >= 0.6 is 0 Å². The van der Waals surface area contributed by atoms with Crippen molar-refractivity contribution in [1.29, 1.82) is 0 Å². The van der Waals surface area contributed by atoms with E-state index in [2.05, 4.69) is 15.0 Å². The molecule has 1 heterocycles. The van der Waals surface area contributed by atoms with Crippen LogP contribution in [-0.2, 0) is 0 Å².